The highest BCUT2D eigenvalue weighted by molar-refractivity contribution is 5.92. The van der Waals surface area contributed by atoms with Gasteiger partial charge in [-0.2, -0.15) is 0 Å². The normalized spacial score (nSPS) is 18.1. The summed E-state index contributed by atoms with van der Waals surface area (Å²) in [5.74, 6) is 1.35. The molecule has 1 aromatic heterocycles. The highest BCUT2D eigenvalue weighted by atomic mass is 19.1. The number of carbonyl (C=O) groups excluding carboxylic acids is 2. The first-order valence-electron chi connectivity index (χ1n) is 13.2. The summed E-state index contributed by atoms with van der Waals surface area (Å²) in [4.78, 5) is 30.3. The fourth-order valence-electron chi connectivity index (χ4n) is 4.81. The molecule has 200 valence electrons. The number of Topliss-reactive ketones (excluding diaryl/α,β-unsaturated/α-hetero) is 1. The standard InChI is InChI=1S/C30H34FN3O4/c1-18(35)12-28-32-20(3)29(38-28)30(36)33-19(2)23-8-6-21(7-9-23)14-34-15-24-10-11-25(37-17-22-4-5-22)13-26(24)27(31)16-34/h6-11,13,19,22,27H,4-5,12,14-17H2,1-3H3,(H,33,36)/t19-,27?/m0/s1. The van der Waals surface area contributed by atoms with Crippen LogP contribution in [0.15, 0.2) is 46.9 Å². The molecule has 7 nitrogen and oxygen atoms in total. The van der Waals surface area contributed by atoms with Gasteiger partial charge in [0.2, 0.25) is 11.7 Å². The zero-order chi connectivity index (χ0) is 26.8. The highest BCUT2D eigenvalue weighted by Crippen LogP contribution is 2.34. The predicted molar refractivity (Wildman–Crippen MR) is 141 cm³/mol. The van der Waals surface area contributed by atoms with E-state index in [-0.39, 0.29) is 35.8 Å². The second kappa shape index (κ2) is 11.1. The number of nitrogens with zero attached hydrogens (tertiary/aromatic N) is 2. The number of ether oxygens (including phenoxy) is 1. The molecule has 3 aromatic rings. The number of nitrogens with one attached hydrogen (secondary N) is 1. The van der Waals surface area contributed by atoms with Gasteiger partial charge in [-0.1, -0.05) is 30.3 Å². The maximum absolute atomic E-state index is 15.1. The van der Waals surface area contributed by atoms with Crippen molar-refractivity contribution in [1.82, 2.24) is 15.2 Å². The number of carbonyl (C=O) groups is 2. The van der Waals surface area contributed by atoms with Gasteiger partial charge in [-0.25, -0.2) is 9.37 Å². The number of ketones is 1. The Hall–Kier alpha value is -3.52. The van der Waals surface area contributed by atoms with Crippen molar-refractivity contribution in [3.05, 3.63) is 82.1 Å². The van der Waals surface area contributed by atoms with Gasteiger partial charge in [-0.3, -0.25) is 14.5 Å². The maximum Gasteiger partial charge on any atom is 0.289 e. The Morgan fingerprint density at radius 1 is 1.21 bits per heavy atom. The number of fused-ring (bicyclic) bond motifs is 1. The smallest absolute Gasteiger partial charge is 0.289 e. The lowest BCUT2D eigenvalue weighted by molar-refractivity contribution is -0.116. The van der Waals surface area contributed by atoms with Crippen LogP contribution in [-0.2, 0) is 24.3 Å². The van der Waals surface area contributed by atoms with Crippen LogP contribution in [-0.4, -0.2) is 34.7 Å². The lowest BCUT2D eigenvalue weighted by Gasteiger charge is -2.31. The Balaban J connectivity index is 1.16. The quantitative estimate of drug-likeness (QED) is 0.385. The van der Waals surface area contributed by atoms with Crippen molar-refractivity contribution in [1.29, 1.82) is 0 Å². The molecule has 0 spiro atoms. The first-order chi connectivity index (χ1) is 18.2. The number of hydrogen-bond donors (Lipinski definition) is 1. The van der Waals surface area contributed by atoms with E-state index >= 15 is 4.39 Å². The lowest BCUT2D eigenvalue weighted by Crippen LogP contribution is -2.31. The summed E-state index contributed by atoms with van der Waals surface area (Å²) in [6, 6.07) is 13.5. The molecule has 5 rings (SSSR count). The molecule has 1 aliphatic carbocycles. The topological polar surface area (TPSA) is 84.7 Å². The summed E-state index contributed by atoms with van der Waals surface area (Å²) in [5, 5.41) is 2.93. The van der Waals surface area contributed by atoms with Gasteiger partial charge >= 0.3 is 0 Å². The first-order valence-corrected chi connectivity index (χ1v) is 13.2. The second-order valence-corrected chi connectivity index (χ2v) is 10.6. The van der Waals surface area contributed by atoms with Crippen molar-refractivity contribution < 1.29 is 23.1 Å². The van der Waals surface area contributed by atoms with E-state index in [0.29, 0.717) is 31.2 Å². The number of benzene rings is 2. The van der Waals surface area contributed by atoms with E-state index in [1.54, 1.807) is 6.92 Å². The third kappa shape index (κ3) is 6.30. The van der Waals surface area contributed by atoms with E-state index in [0.717, 1.165) is 34.6 Å². The van der Waals surface area contributed by atoms with Crippen LogP contribution in [0.5, 0.6) is 5.75 Å². The molecule has 2 aromatic carbocycles. The largest absolute Gasteiger partial charge is 0.493 e. The Morgan fingerprint density at radius 2 is 1.97 bits per heavy atom. The molecule has 1 saturated carbocycles. The van der Waals surface area contributed by atoms with E-state index < -0.39 is 6.17 Å². The number of hydrogen-bond acceptors (Lipinski definition) is 6. The van der Waals surface area contributed by atoms with Gasteiger partial charge in [0.15, 0.2) is 0 Å². The molecule has 0 bridgehead atoms. The van der Waals surface area contributed by atoms with Crippen LogP contribution in [0.1, 0.15) is 83.3 Å². The molecule has 2 atom stereocenters. The molecule has 1 unspecified atom stereocenters. The molecule has 1 amide bonds. The number of alkyl halides is 1. The SMILES string of the molecule is CC(=O)Cc1nc(C)c(C(=O)N[C@@H](C)c2ccc(CN3Cc4ccc(OCC5CC5)cc4C(F)C3)cc2)o1. The molecule has 0 saturated heterocycles. The summed E-state index contributed by atoms with van der Waals surface area (Å²) in [5.41, 5.74) is 4.22. The Morgan fingerprint density at radius 3 is 2.68 bits per heavy atom. The van der Waals surface area contributed by atoms with Gasteiger partial charge in [0.05, 0.1) is 24.8 Å². The summed E-state index contributed by atoms with van der Waals surface area (Å²) in [7, 11) is 0. The van der Waals surface area contributed by atoms with Crippen molar-refractivity contribution in [2.24, 2.45) is 5.92 Å². The average Bonchev–Trinajstić information content (AvgIpc) is 3.64. The summed E-state index contributed by atoms with van der Waals surface area (Å²) in [6.07, 6.45) is 1.47. The number of rotatable bonds is 10. The summed E-state index contributed by atoms with van der Waals surface area (Å²) >= 11 is 0. The molecule has 1 aliphatic heterocycles. The molecular weight excluding hydrogens is 485 g/mol. The van der Waals surface area contributed by atoms with Crippen molar-refractivity contribution in [3.63, 3.8) is 0 Å². The van der Waals surface area contributed by atoms with Crippen LogP contribution in [0.3, 0.4) is 0 Å². The number of aromatic nitrogens is 1. The fourth-order valence-corrected chi connectivity index (χ4v) is 4.81. The van der Waals surface area contributed by atoms with Crippen molar-refractivity contribution in [3.8, 4) is 5.75 Å². The summed E-state index contributed by atoms with van der Waals surface area (Å²) < 4.78 is 26.4. The van der Waals surface area contributed by atoms with E-state index in [2.05, 4.69) is 15.2 Å². The molecule has 1 fully saturated rings. The molecule has 0 radical (unpaired) electrons. The van der Waals surface area contributed by atoms with Crippen LogP contribution >= 0.6 is 0 Å². The Kier molecular flexibility index (Phi) is 7.61. The highest BCUT2D eigenvalue weighted by Gasteiger charge is 2.27. The molecule has 38 heavy (non-hydrogen) atoms. The van der Waals surface area contributed by atoms with E-state index in [4.69, 9.17) is 9.15 Å². The number of amides is 1. The third-order valence-corrected chi connectivity index (χ3v) is 7.13. The van der Waals surface area contributed by atoms with E-state index in [1.807, 2.05) is 49.4 Å². The van der Waals surface area contributed by atoms with Gasteiger partial charge in [0.25, 0.3) is 5.91 Å². The average molecular weight is 520 g/mol. The molecule has 1 N–H and O–H groups in total. The third-order valence-electron chi connectivity index (χ3n) is 7.13. The number of halogens is 1. The number of aryl methyl sites for hydroxylation is 1. The molecule has 2 aliphatic rings. The predicted octanol–water partition coefficient (Wildman–Crippen LogP) is 5.42. The minimum absolute atomic E-state index is 0.0622. The lowest BCUT2D eigenvalue weighted by atomic mass is 9.97. The van der Waals surface area contributed by atoms with Crippen LogP contribution in [0.2, 0.25) is 0 Å². The minimum Gasteiger partial charge on any atom is -0.493 e. The molecule has 8 heteroatoms. The van der Waals surface area contributed by atoms with Gasteiger partial charge < -0.3 is 14.5 Å². The first kappa shape index (κ1) is 26.1. The van der Waals surface area contributed by atoms with E-state index in [1.165, 1.54) is 19.8 Å². The second-order valence-electron chi connectivity index (χ2n) is 10.6. The van der Waals surface area contributed by atoms with Gasteiger partial charge in [0, 0.05) is 19.6 Å². The monoisotopic (exact) mass is 519 g/mol. The van der Waals surface area contributed by atoms with Crippen molar-refractivity contribution in [2.45, 2.75) is 65.3 Å². The minimum atomic E-state index is -1.05. The van der Waals surface area contributed by atoms with Crippen LogP contribution < -0.4 is 10.1 Å². The Bertz CT molecular complexity index is 1320. The molecular formula is C30H34FN3O4. The van der Waals surface area contributed by atoms with Gasteiger partial charge in [-0.15, -0.1) is 0 Å². The maximum atomic E-state index is 15.1. The zero-order valence-electron chi connectivity index (χ0n) is 22.1. The van der Waals surface area contributed by atoms with Crippen LogP contribution in [0, 0.1) is 12.8 Å². The zero-order valence-corrected chi connectivity index (χ0v) is 22.1. The fraction of sp³-hybridized carbons (Fsp3) is 0.433. The number of oxazole rings is 1. The molecule has 2 heterocycles. The van der Waals surface area contributed by atoms with Gasteiger partial charge in [0.1, 0.15) is 17.7 Å². The summed E-state index contributed by atoms with van der Waals surface area (Å²) in [6.45, 7) is 7.42. The van der Waals surface area contributed by atoms with Crippen LogP contribution in [0.4, 0.5) is 4.39 Å². The van der Waals surface area contributed by atoms with Crippen molar-refractivity contribution >= 4 is 11.7 Å². The van der Waals surface area contributed by atoms with Crippen molar-refractivity contribution in [2.75, 3.05) is 13.2 Å². The van der Waals surface area contributed by atoms with Crippen LogP contribution in [0.25, 0.3) is 0 Å². The van der Waals surface area contributed by atoms with E-state index in [9.17, 15) is 9.59 Å². The Labute approximate surface area is 222 Å². The van der Waals surface area contributed by atoms with Gasteiger partial charge in [-0.05, 0) is 73.9 Å².